The monoisotopic (exact) mass is 411 g/mol. The summed E-state index contributed by atoms with van der Waals surface area (Å²) in [6, 6.07) is 1.30. The normalized spacial score (nSPS) is 29.4. The van der Waals surface area contributed by atoms with Crippen LogP contribution < -0.4 is 0 Å². The van der Waals surface area contributed by atoms with Crippen molar-refractivity contribution >= 4 is 14.3 Å². The van der Waals surface area contributed by atoms with Gasteiger partial charge in [-0.25, -0.2) is 0 Å². The third-order valence-corrected chi connectivity index (χ3v) is 13.6. The molecule has 0 bridgehead atoms. The van der Waals surface area contributed by atoms with Gasteiger partial charge in [-0.1, -0.05) is 48.0 Å². The molecule has 2 heterocycles. The van der Waals surface area contributed by atoms with E-state index in [2.05, 4.69) is 53.4 Å². The van der Waals surface area contributed by atoms with Gasteiger partial charge in [-0.15, -0.1) is 0 Å². The Morgan fingerprint density at radius 1 is 1.00 bits per heavy atom. The van der Waals surface area contributed by atoms with Gasteiger partial charge in [-0.05, 0) is 56.2 Å². The number of hydrogen-bond acceptors (Lipinski definition) is 4. The Labute approximate surface area is 174 Å². The summed E-state index contributed by atoms with van der Waals surface area (Å²) in [4.78, 5) is 14.8. The first-order valence-electron chi connectivity index (χ1n) is 11.8. The number of carbonyl (C=O) groups excluding carboxylic acids is 1. The number of piperidine rings is 2. The minimum atomic E-state index is -1.90. The van der Waals surface area contributed by atoms with E-state index in [4.69, 9.17) is 9.16 Å². The van der Waals surface area contributed by atoms with Crippen molar-refractivity contribution < 1.29 is 14.0 Å². The summed E-state index contributed by atoms with van der Waals surface area (Å²) in [6.45, 7) is 18.9. The van der Waals surface area contributed by atoms with Crippen LogP contribution in [-0.4, -0.2) is 50.0 Å². The lowest BCUT2D eigenvalue weighted by Gasteiger charge is -2.54. The molecule has 0 N–H and O–H groups in total. The Morgan fingerprint density at radius 3 is 2.14 bits per heavy atom. The van der Waals surface area contributed by atoms with Crippen LogP contribution in [0.3, 0.4) is 0 Å². The Hall–Kier alpha value is -0.393. The number of carbonyl (C=O) groups is 1. The molecule has 0 saturated carbocycles. The fourth-order valence-corrected chi connectivity index (χ4v) is 12.0. The molecule has 4 atom stereocenters. The van der Waals surface area contributed by atoms with Crippen LogP contribution in [0.25, 0.3) is 0 Å². The fourth-order valence-electron chi connectivity index (χ4n) is 6.38. The molecule has 2 saturated heterocycles. The Bertz CT molecular complexity index is 486. The molecule has 0 unspecified atom stereocenters. The molecule has 0 aromatic carbocycles. The highest BCUT2D eigenvalue weighted by Crippen LogP contribution is 2.45. The lowest BCUT2D eigenvalue weighted by molar-refractivity contribution is -0.147. The van der Waals surface area contributed by atoms with Crippen LogP contribution in [0.4, 0.5) is 0 Å². The first-order valence-corrected chi connectivity index (χ1v) is 13.9. The van der Waals surface area contributed by atoms with E-state index in [-0.39, 0.29) is 12.1 Å². The average Bonchev–Trinajstić information content (AvgIpc) is 2.60. The third-order valence-electron chi connectivity index (χ3n) is 7.48. The van der Waals surface area contributed by atoms with Crippen molar-refractivity contribution in [1.82, 2.24) is 4.90 Å². The summed E-state index contributed by atoms with van der Waals surface area (Å²) in [7, 11) is -1.90. The van der Waals surface area contributed by atoms with Crippen LogP contribution in [0.15, 0.2) is 0 Å². The molecule has 0 aromatic rings. The summed E-state index contributed by atoms with van der Waals surface area (Å²) < 4.78 is 12.5. The van der Waals surface area contributed by atoms with Gasteiger partial charge in [0, 0.05) is 18.1 Å². The topological polar surface area (TPSA) is 38.8 Å². The van der Waals surface area contributed by atoms with Crippen molar-refractivity contribution in [3.8, 4) is 0 Å². The molecule has 2 aliphatic rings. The number of fused-ring (bicyclic) bond motifs is 1. The van der Waals surface area contributed by atoms with E-state index >= 15 is 0 Å². The second-order valence-corrected chi connectivity index (χ2v) is 15.4. The molecule has 28 heavy (non-hydrogen) atoms. The van der Waals surface area contributed by atoms with Crippen LogP contribution in [-0.2, 0) is 14.0 Å². The fraction of sp³-hybridized carbons (Fsp3) is 0.957. The first-order chi connectivity index (χ1) is 13.1. The smallest absolute Gasteiger partial charge is 0.307 e. The van der Waals surface area contributed by atoms with Crippen molar-refractivity contribution in [3.05, 3.63) is 0 Å². The van der Waals surface area contributed by atoms with E-state index < -0.39 is 8.32 Å². The zero-order valence-corrected chi connectivity index (χ0v) is 20.7. The van der Waals surface area contributed by atoms with Crippen molar-refractivity contribution in [2.45, 2.75) is 135 Å². The number of hydrogen-bond donors (Lipinski definition) is 0. The number of esters is 1. The second kappa shape index (κ2) is 10.1. The maximum absolute atomic E-state index is 12.2. The van der Waals surface area contributed by atoms with Gasteiger partial charge in [0.1, 0.15) is 0 Å². The van der Waals surface area contributed by atoms with E-state index in [1.165, 1.54) is 19.3 Å². The summed E-state index contributed by atoms with van der Waals surface area (Å²) in [5, 5.41) is 0. The first kappa shape index (κ1) is 23.9. The van der Waals surface area contributed by atoms with Gasteiger partial charge >= 0.3 is 5.97 Å². The lowest BCUT2D eigenvalue weighted by atomic mass is 9.83. The summed E-state index contributed by atoms with van der Waals surface area (Å²) in [6.07, 6.45) is 6.78. The Balaban J connectivity index is 2.20. The van der Waals surface area contributed by atoms with Gasteiger partial charge in [-0.2, -0.15) is 0 Å². The molecule has 5 heteroatoms. The van der Waals surface area contributed by atoms with E-state index in [1.807, 2.05) is 6.92 Å². The number of ether oxygens (including phenoxy) is 1. The molecule has 0 radical (unpaired) electrons. The summed E-state index contributed by atoms with van der Waals surface area (Å²) in [5.41, 5.74) is 1.82. The standard InChI is InChI=1S/C23H45NO3Si/c1-9-26-23(25)15-21-12-10-11-20-13-14-22(19(8)24(20)21)27-28(16(2)3,17(4)5)18(6)7/h16-22H,9-15H2,1-8H3/t19-,20-,21+,22+/m0/s1. The van der Waals surface area contributed by atoms with Gasteiger partial charge in [0.05, 0.1) is 19.1 Å². The van der Waals surface area contributed by atoms with Crippen molar-refractivity contribution in [1.29, 1.82) is 0 Å². The van der Waals surface area contributed by atoms with E-state index in [9.17, 15) is 4.79 Å². The molecular formula is C23H45NO3Si. The van der Waals surface area contributed by atoms with Crippen LogP contribution in [0.2, 0.25) is 16.6 Å². The molecule has 2 fully saturated rings. The Morgan fingerprint density at radius 2 is 1.61 bits per heavy atom. The molecule has 164 valence electrons. The maximum Gasteiger partial charge on any atom is 0.307 e. The van der Waals surface area contributed by atoms with Gasteiger partial charge < -0.3 is 9.16 Å². The highest BCUT2D eigenvalue weighted by molar-refractivity contribution is 6.77. The second-order valence-electron chi connectivity index (χ2n) is 9.99. The van der Waals surface area contributed by atoms with E-state index in [0.717, 1.165) is 12.8 Å². The van der Waals surface area contributed by atoms with Crippen LogP contribution in [0, 0.1) is 0 Å². The van der Waals surface area contributed by atoms with Crippen molar-refractivity contribution in [2.24, 2.45) is 0 Å². The largest absolute Gasteiger partial charge is 0.466 e. The molecule has 0 aliphatic carbocycles. The van der Waals surface area contributed by atoms with Crippen LogP contribution in [0.5, 0.6) is 0 Å². The van der Waals surface area contributed by atoms with Crippen molar-refractivity contribution in [3.63, 3.8) is 0 Å². The zero-order valence-electron chi connectivity index (χ0n) is 19.7. The van der Waals surface area contributed by atoms with E-state index in [0.29, 0.717) is 47.8 Å². The molecule has 2 rings (SSSR count). The lowest BCUT2D eigenvalue weighted by Crippen LogP contribution is -2.62. The van der Waals surface area contributed by atoms with Gasteiger partial charge in [0.25, 0.3) is 0 Å². The van der Waals surface area contributed by atoms with Gasteiger partial charge in [0.2, 0.25) is 8.32 Å². The zero-order chi connectivity index (χ0) is 21.1. The molecule has 2 aliphatic heterocycles. The summed E-state index contributed by atoms with van der Waals surface area (Å²) in [5.74, 6) is -0.0429. The van der Waals surface area contributed by atoms with E-state index in [1.54, 1.807) is 0 Å². The van der Waals surface area contributed by atoms with Gasteiger partial charge in [0.15, 0.2) is 0 Å². The maximum atomic E-state index is 12.2. The van der Waals surface area contributed by atoms with Crippen molar-refractivity contribution in [2.75, 3.05) is 6.61 Å². The predicted molar refractivity (Wildman–Crippen MR) is 119 cm³/mol. The third kappa shape index (κ3) is 4.84. The molecule has 0 amide bonds. The molecule has 0 spiro atoms. The predicted octanol–water partition coefficient (Wildman–Crippen LogP) is 5.91. The minimum absolute atomic E-state index is 0.0429. The minimum Gasteiger partial charge on any atom is -0.466 e. The number of rotatable bonds is 8. The molecule has 4 nitrogen and oxygen atoms in total. The molecular weight excluding hydrogens is 366 g/mol. The van der Waals surface area contributed by atoms with Gasteiger partial charge in [-0.3, -0.25) is 9.69 Å². The highest BCUT2D eigenvalue weighted by Gasteiger charge is 2.50. The average molecular weight is 412 g/mol. The Kier molecular flexibility index (Phi) is 8.60. The number of nitrogens with zero attached hydrogens (tertiary/aromatic N) is 1. The highest BCUT2D eigenvalue weighted by atomic mass is 28.4. The van der Waals surface area contributed by atoms with Crippen LogP contribution in [0.1, 0.15) is 93.9 Å². The van der Waals surface area contributed by atoms with Crippen LogP contribution >= 0.6 is 0 Å². The SMILES string of the molecule is CCOC(=O)C[C@H]1CCC[C@H]2CC[C@@H](O[Si](C(C)C)(C(C)C)C(C)C)[C@H](C)N21. The molecule has 0 aromatic heterocycles. The summed E-state index contributed by atoms with van der Waals surface area (Å²) >= 11 is 0. The quantitative estimate of drug-likeness (QED) is 0.368.